The highest BCUT2D eigenvalue weighted by Gasteiger charge is 2.14. The molecule has 0 radical (unpaired) electrons. The lowest BCUT2D eigenvalue weighted by molar-refractivity contribution is 0.151. The molecule has 0 saturated heterocycles. The summed E-state index contributed by atoms with van der Waals surface area (Å²) >= 11 is 1.41. The molecule has 2 rings (SSSR count). The summed E-state index contributed by atoms with van der Waals surface area (Å²) in [6.45, 7) is 4.05. The Morgan fingerprint density at radius 3 is 2.56 bits per heavy atom. The molecule has 2 aromatic rings. The number of nitrogens with two attached hydrogens (primary N) is 1. The molecule has 0 aliphatic heterocycles. The SMILES string of the molecule is CC(C)c1nc(-c2cccc(C(F)F)c2)c(N)s1. The van der Waals surface area contributed by atoms with Gasteiger partial charge in [-0.25, -0.2) is 13.8 Å². The quantitative estimate of drug-likeness (QED) is 0.893. The first-order valence-electron chi connectivity index (χ1n) is 5.63. The Labute approximate surface area is 108 Å². The van der Waals surface area contributed by atoms with Gasteiger partial charge < -0.3 is 5.73 Å². The van der Waals surface area contributed by atoms with Crippen LogP contribution in [0.5, 0.6) is 0 Å². The van der Waals surface area contributed by atoms with E-state index >= 15 is 0 Å². The molecule has 0 amide bonds. The predicted molar refractivity (Wildman–Crippen MR) is 71.0 cm³/mol. The summed E-state index contributed by atoms with van der Waals surface area (Å²) in [4.78, 5) is 4.43. The molecule has 0 fully saturated rings. The van der Waals surface area contributed by atoms with Crippen LogP contribution in [0.1, 0.15) is 36.8 Å². The van der Waals surface area contributed by atoms with E-state index in [1.54, 1.807) is 12.1 Å². The summed E-state index contributed by atoms with van der Waals surface area (Å²) in [5.41, 5.74) is 7.15. The van der Waals surface area contributed by atoms with Crippen molar-refractivity contribution in [3.8, 4) is 11.3 Å². The number of hydrogen-bond donors (Lipinski definition) is 1. The minimum Gasteiger partial charge on any atom is -0.389 e. The van der Waals surface area contributed by atoms with Crippen LogP contribution in [-0.4, -0.2) is 4.98 Å². The van der Waals surface area contributed by atoms with Crippen molar-refractivity contribution < 1.29 is 8.78 Å². The fraction of sp³-hybridized carbons (Fsp3) is 0.308. The zero-order valence-electron chi connectivity index (χ0n) is 10.2. The maximum absolute atomic E-state index is 12.6. The van der Waals surface area contributed by atoms with Gasteiger partial charge >= 0.3 is 0 Å². The van der Waals surface area contributed by atoms with Gasteiger partial charge in [0.2, 0.25) is 0 Å². The third kappa shape index (κ3) is 2.51. The first-order chi connectivity index (χ1) is 8.49. The average Bonchev–Trinajstić information content (AvgIpc) is 2.72. The van der Waals surface area contributed by atoms with Crippen molar-refractivity contribution in [1.29, 1.82) is 0 Å². The number of anilines is 1. The van der Waals surface area contributed by atoms with Crippen molar-refractivity contribution in [3.05, 3.63) is 34.8 Å². The van der Waals surface area contributed by atoms with E-state index in [1.165, 1.54) is 23.5 Å². The Morgan fingerprint density at radius 1 is 1.28 bits per heavy atom. The summed E-state index contributed by atoms with van der Waals surface area (Å²) in [6, 6.07) is 6.20. The number of thiazole rings is 1. The van der Waals surface area contributed by atoms with Crippen molar-refractivity contribution in [2.45, 2.75) is 26.2 Å². The predicted octanol–water partition coefficient (Wildman–Crippen LogP) is 4.45. The summed E-state index contributed by atoms with van der Waals surface area (Å²) in [5, 5.41) is 1.50. The van der Waals surface area contributed by atoms with Gasteiger partial charge in [-0.05, 0) is 6.07 Å². The number of benzene rings is 1. The summed E-state index contributed by atoms with van der Waals surface area (Å²) in [7, 11) is 0. The van der Waals surface area contributed by atoms with E-state index in [2.05, 4.69) is 4.98 Å². The molecule has 0 unspecified atom stereocenters. The normalized spacial score (nSPS) is 11.4. The van der Waals surface area contributed by atoms with Crippen LogP contribution in [0.2, 0.25) is 0 Å². The van der Waals surface area contributed by atoms with E-state index in [1.807, 2.05) is 13.8 Å². The summed E-state index contributed by atoms with van der Waals surface area (Å²) in [6.07, 6.45) is -2.48. The molecule has 2 N–H and O–H groups in total. The van der Waals surface area contributed by atoms with E-state index in [9.17, 15) is 8.78 Å². The van der Waals surface area contributed by atoms with Crippen LogP contribution in [0.4, 0.5) is 13.8 Å². The van der Waals surface area contributed by atoms with Gasteiger partial charge in [-0.2, -0.15) is 0 Å². The van der Waals surface area contributed by atoms with Gasteiger partial charge in [0.05, 0.1) is 5.01 Å². The molecule has 1 heterocycles. The van der Waals surface area contributed by atoms with Gasteiger partial charge in [-0.1, -0.05) is 32.0 Å². The Hall–Kier alpha value is -1.49. The van der Waals surface area contributed by atoms with Crippen molar-refractivity contribution in [1.82, 2.24) is 4.98 Å². The number of nitrogen functional groups attached to an aromatic ring is 1. The van der Waals surface area contributed by atoms with Crippen LogP contribution in [0, 0.1) is 0 Å². The van der Waals surface area contributed by atoms with E-state index in [4.69, 9.17) is 5.73 Å². The smallest absolute Gasteiger partial charge is 0.263 e. The van der Waals surface area contributed by atoms with Crippen LogP contribution in [0.25, 0.3) is 11.3 Å². The molecular formula is C13H14F2N2S. The molecule has 0 atom stereocenters. The lowest BCUT2D eigenvalue weighted by atomic mass is 10.1. The third-order valence-electron chi connectivity index (χ3n) is 2.58. The topological polar surface area (TPSA) is 38.9 Å². The van der Waals surface area contributed by atoms with Crippen LogP contribution < -0.4 is 5.73 Å². The molecule has 1 aromatic heterocycles. The molecule has 96 valence electrons. The first kappa shape index (κ1) is 13.0. The lowest BCUT2D eigenvalue weighted by Gasteiger charge is -2.03. The standard InChI is InChI=1S/C13H14F2N2S/c1-7(2)13-17-10(12(16)18-13)8-4-3-5-9(6-8)11(14)15/h3-7,11H,16H2,1-2H3. The van der Waals surface area contributed by atoms with Crippen molar-refractivity contribution in [3.63, 3.8) is 0 Å². The summed E-state index contributed by atoms with van der Waals surface area (Å²) < 4.78 is 25.3. The largest absolute Gasteiger partial charge is 0.389 e. The summed E-state index contributed by atoms with van der Waals surface area (Å²) in [5.74, 6) is 0.282. The third-order valence-corrected chi connectivity index (χ3v) is 3.76. The van der Waals surface area contributed by atoms with E-state index in [0.717, 1.165) is 5.01 Å². The molecule has 18 heavy (non-hydrogen) atoms. The monoisotopic (exact) mass is 268 g/mol. The van der Waals surface area contributed by atoms with E-state index in [-0.39, 0.29) is 11.5 Å². The second-order valence-corrected chi connectivity index (χ2v) is 5.41. The number of halogens is 2. The van der Waals surface area contributed by atoms with Gasteiger partial charge in [0.25, 0.3) is 6.43 Å². The molecule has 0 bridgehead atoms. The zero-order valence-corrected chi connectivity index (χ0v) is 11.0. The minimum atomic E-state index is -2.48. The minimum absolute atomic E-state index is 0.00834. The lowest BCUT2D eigenvalue weighted by Crippen LogP contribution is -1.90. The van der Waals surface area contributed by atoms with Gasteiger partial charge in [0, 0.05) is 17.0 Å². The Kier molecular flexibility index (Phi) is 3.61. The number of rotatable bonds is 3. The van der Waals surface area contributed by atoms with Crippen molar-refractivity contribution in [2.75, 3.05) is 5.73 Å². The fourth-order valence-electron chi connectivity index (χ4n) is 1.62. The van der Waals surface area contributed by atoms with Gasteiger partial charge in [-0.3, -0.25) is 0 Å². The molecule has 0 aliphatic rings. The maximum Gasteiger partial charge on any atom is 0.263 e. The Balaban J connectivity index is 2.45. The van der Waals surface area contributed by atoms with E-state index in [0.29, 0.717) is 16.3 Å². The highest BCUT2D eigenvalue weighted by Crippen LogP contribution is 2.34. The number of nitrogens with zero attached hydrogens (tertiary/aromatic N) is 1. The molecule has 0 aliphatic carbocycles. The highest BCUT2D eigenvalue weighted by atomic mass is 32.1. The van der Waals surface area contributed by atoms with Crippen LogP contribution in [0.3, 0.4) is 0 Å². The van der Waals surface area contributed by atoms with Crippen molar-refractivity contribution >= 4 is 16.3 Å². The van der Waals surface area contributed by atoms with Crippen molar-refractivity contribution in [2.24, 2.45) is 0 Å². The molecule has 2 nitrogen and oxygen atoms in total. The second-order valence-electron chi connectivity index (χ2n) is 4.35. The molecule has 5 heteroatoms. The zero-order chi connectivity index (χ0) is 13.3. The van der Waals surface area contributed by atoms with E-state index < -0.39 is 6.43 Å². The van der Waals surface area contributed by atoms with Gasteiger partial charge in [0.1, 0.15) is 10.7 Å². The van der Waals surface area contributed by atoms with Gasteiger partial charge in [0.15, 0.2) is 0 Å². The first-order valence-corrected chi connectivity index (χ1v) is 6.45. The average molecular weight is 268 g/mol. The highest BCUT2D eigenvalue weighted by molar-refractivity contribution is 7.16. The molecular weight excluding hydrogens is 254 g/mol. The number of aromatic nitrogens is 1. The fourth-order valence-corrected chi connectivity index (χ4v) is 2.48. The van der Waals surface area contributed by atoms with Crippen LogP contribution in [0.15, 0.2) is 24.3 Å². The van der Waals surface area contributed by atoms with Crippen LogP contribution >= 0.6 is 11.3 Å². The molecule has 0 saturated carbocycles. The Morgan fingerprint density at radius 2 is 2.00 bits per heavy atom. The number of hydrogen-bond acceptors (Lipinski definition) is 3. The maximum atomic E-state index is 12.6. The molecule has 1 aromatic carbocycles. The Bertz CT molecular complexity index is 550. The van der Waals surface area contributed by atoms with Crippen LogP contribution in [-0.2, 0) is 0 Å². The number of alkyl halides is 2. The van der Waals surface area contributed by atoms with Gasteiger partial charge in [-0.15, -0.1) is 11.3 Å². The molecule has 0 spiro atoms. The second kappa shape index (κ2) is 5.02.